The van der Waals surface area contributed by atoms with E-state index in [1.807, 2.05) is 17.0 Å². The highest BCUT2D eigenvalue weighted by Gasteiger charge is 2.34. The van der Waals surface area contributed by atoms with E-state index in [-0.39, 0.29) is 16.7 Å². The van der Waals surface area contributed by atoms with Gasteiger partial charge in [-0.25, -0.2) is 8.42 Å². The minimum atomic E-state index is -3.60. The van der Waals surface area contributed by atoms with Gasteiger partial charge in [-0.05, 0) is 49.2 Å². The summed E-state index contributed by atoms with van der Waals surface area (Å²) in [5, 5.41) is 12.4. The fraction of sp³-hybridized carbons (Fsp3) is 0.455. The number of nitrogens with zero attached hydrogens (tertiary/aromatic N) is 7. The molecule has 0 saturated carbocycles. The van der Waals surface area contributed by atoms with Gasteiger partial charge in [0.15, 0.2) is 5.65 Å². The first-order valence-corrected chi connectivity index (χ1v) is 12.7. The molecule has 2 saturated heterocycles. The maximum atomic E-state index is 13.1. The topological polar surface area (TPSA) is 113 Å². The van der Waals surface area contributed by atoms with Crippen molar-refractivity contribution in [3.8, 4) is 5.75 Å². The Morgan fingerprint density at radius 1 is 0.971 bits per heavy atom. The number of hydrogen-bond donors (Lipinski definition) is 0. The fourth-order valence-corrected chi connectivity index (χ4v) is 5.97. The lowest BCUT2D eigenvalue weighted by Crippen LogP contribution is -2.52. The molecule has 0 N–H and O–H groups in total. The van der Waals surface area contributed by atoms with Crippen LogP contribution in [0.1, 0.15) is 12.8 Å². The highest BCUT2D eigenvalue weighted by molar-refractivity contribution is 7.89. The third kappa shape index (κ3) is 4.30. The molecule has 4 heterocycles. The molecule has 11 nitrogen and oxygen atoms in total. The number of carbonyl (C=O) groups is 1. The molecule has 5 rings (SSSR count). The number of aromatic nitrogens is 4. The van der Waals surface area contributed by atoms with Crippen LogP contribution in [0.4, 0.5) is 5.82 Å². The molecular weight excluding hydrogens is 458 g/mol. The predicted molar refractivity (Wildman–Crippen MR) is 124 cm³/mol. The van der Waals surface area contributed by atoms with Gasteiger partial charge < -0.3 is 14.5 Å². The van der Waals surface area contributed by atoms with E-state index in [0.717, 1.165) is 31.7 Å². The Kier molecular flexibility index (Phi) is 6.09. The zero-order valence-corrected chi connectivity index (χ0v) is 19.8. The van der Waals surface area contributed by atoms with Gasteiger partial charge >= 0.3 is 0 Å². The molecule has 0 aliphatic carbocycles. The Hall–Kier alpha value is -3.25. The van der Waals surface area contributed by atoms with E-state index >= 15 is 0 Å². The molecule has 1 aromatic carbocycles. The number of rotatable bonds is 5. The molecule has 2 aromatic heterocycles. The van der Waals surface area contributed by atoms with Gasteiger partial charge in [-0.15, -0.1) is 15.3 Å². The molecule has 0 unspecified atom stereocenters. The first kappa shape index (κ1) is 22.5. The zero-order chi connectivity index (χ0) is 23.7. The second-order valence-electron chi connectivity index (χ2n) is 8.49. The van der Waals surface area contributed by atoms with Gasteiger partial charge in [-0.2, -0.15) is 8.82 Å². The van der Waals surface area contributed by atoms with Crippen LogP contribution >= 0.6 is 0 Å². The highest BCUT2D eigenvalue weighted by Crippen LogP contribution is 2.25. The average Bonchev–Trinajstić information content (AvgIpc) is 3.36. The van der Waals surface area contributed by atoms with Gasteiger partial charge in [0.05, 0.1) is 12.0 Å². The predicted octanol–water partition coefficient (Wildman–Crippen LogP) is 0.882. The lowest BCUT2D eigenvalue weighted by molar-refractivity contribution is -0.137. The van der Waals surface area contributed by atoms with E-state index in [1.165, 1.54) is 4.31 Å². The molecule has 34 heavy (non-hydrogen) atoms. The lowest BCUT2D eigenvalue weighted by Gasteiger charge is -2.38. The Bertz CT molecular complexity index is 1260. The van der Waals surface area contributed by atoms with Crippen molar-refractivity contribution in [1.29, 1.82) is 0 Å². The SMILES string of the molecule is COc1ccc(S(=O)(=O)N2CCN(C(=O)C3CCN(c4ccc5nncn5n4)CC3)CC2)cc1. The van der Waals surface area contributed by atoms with E-state index in [1.54, 1.807) is 42.2 Å². The van der Waals surface area contributed by atoms with Crippen molar-refractivity contribution in [1.82, 2.24) is 29.0 Å². The van der Waals surface area contributed by atoms with Crippen LogP contribution in [0.2, 0.25) is 0 Å². The molecule has 12 heteroatoms. The van der Waals surface area contributed by atoms with Crippen LogP contribution in [0.25, 0.3) is 5.65 Å². The number of amides is 1. The van der Waals surface area contributed by atoms with Crippen LogP contribution < -0.4 is 9.64 Å². The van der Waals surface area contributed by atoms with E-state index in [2.05, 4.69) is 20.2 Å². The Morgan fingerprint density at radius 2 is 1.68 bits per heavy atom. The van der Waals surface area contributed by atoms with E-state index in [4.69, 9.17) is 4.74 Å². The van der Waals surface area contributed by atoms with Crippen LogP contribution in [0.3, 0.4) is 0 Å². The molecule has 0 bridgehead atoms. The Labute approximate surface area is 198 Å². The largest absolute Gasteiger partial charge is 0.497 e. The van der Waals surface area contributed by atoms with Crippen LogP contribution in [0.5, 0.6) is 5.75 Å². The fourth-order valence-electron chi connectivity index (χ4n) is 4.55. The second kappa shape index (κ2) is 9.18. The van der Waals surface area contributed by atoms with E-state index < -0.39 is 10.0 Å². The first-order valence-electron chi connectivity index (χ1n) is 11.3. The molecule has 180 valence electrons. The van der Waals surface area contributed by atoms with Gasteiger partial charge in [-0.1, -0.05) is 0 Å². The molecule has 1 amide bonds. The summed E-state index contributed by atoms with van der Waals surface area (Å²) in [4.78, 5) is 17.3. The number of sulfonamides is 1. The Balaban J connectivity index is 1.15. The van der Waals surface area contributed by atoms with Crippen molar-refractivity contribution in [2.24, 2.45) is 5.92 Å². The van der Waals surface area contributed by atoms with Crippen molar-refractivity contribution >= 4 is 27.4 Å². The van der Waals surface area contributed by atoms with Crippen molar-refractivity contribution in [2.45, 2.75) is 17.7 Å². The third-order valence-electron chi connectivity index (χ3n) is 6.56. The normalized spacial score (nSPS) is 18.4. The second-order valence-corrected chi connectivity index (χ2v) is 10.4. The van der Waals surface area contributed by atoms with E-state index in [0.29, 0.717) is 37.6 Å². The number of fused-ring (bicyclic) bond motifs is 1. The number of benzene rings is 1. The summed E-state index contributed by atoms with van der Waals surface area (Å²) < 4.78 is 34.1. The number of piperidine rings is 1. The number of methoxy groups -OCH3 is 1. The van der Waals surface area contributed by atoms with Gasteiger partial charge in [0.2, 0.25) is 15.9 Å². The van der Waals surface area contributed by atoms with Gasteiger partial charge in [0.1, 0.15) is 17.9 Å². The third-order valence-corrected chi connectivity index (χ3v) is 8.48. The standard InChI is InChI=1S/C22H27N7O4S/c1-33-18-2-4-19(5-3-18)34(31,32)28-14-12-27(13-15-28)22(30)17-8-10-26(11-9-17)21-7-6-20-24-23-16-29(20)25-21/h2-7,16-17H,8-15H2,1H3. The quantitative estimate of drug-likeness (QED) is 0.524. The molecular formula is C22H27N7O4S. The summed E-state index contributed by atoms with van der Waals surface area (Å²) in [6, 6.07) is 10.2. The van der Waals surface area contributed by atoms with Gasteiger partial charge in [0.25, 0.3) is 0 Å². The molecule has 0 radical (unpaired) electrons. The molecule has 3 aromatic rings. The number of ether oxygens (including phenoxy) is 1. The summed E-state index contributed by atoms with van der Waals surface area (Å²) in [6.07, 6.45) is 3.06. The van der Waals surface area contributed by atoms with Crippen molar-refractivity contribution < 1.29 is 17.9 Å². The summed E-state index contributed by atoms with van der Waals surface area (Å²) in [6.45, 7) is 2.87. The minimum absolute atomic E-state index is 0.0559. The molecule has 0 atom stereocenters. The maximum absolute atomic E-state index is 13.1. The van der Waals surface area contributed by atoms with Crippen molar-refractivity contribution in [2.75, 3.05) is 51.3 Å². The van der Waals surface area contributed by atoms with Crippen LogP contribution in [-0.2, 0) is 14.8 Å². The molecule has 2 aliphatic rings. The minimum Gasteiger partial charge on any atom is -0.497 e. The van der Waals surface area contributed by atoms with Crippen LogP contribution in [0.15, 0.2) is 47.6 Å². The summed E-state index contributed by atoms with van der Waals surface area (Å²) in [7, 11) is -2.05. The van der Waals surface area contributed by atoms with E-state index in [9.17, 15) is 13.2 Å². The number of carbonyl (C=O) groups excluding carboxylic acids is 1. The van der Waals surface area contributed by atoms with Crippen molar-refractivity contribution in [3.63, 3.8) is 0 Å². The van der Waals surface area contributed by atoms with Gasteiger partial charge in [-0.3, -0.25) is 4.79 Å². The first-order chi connectivity index (χ1) is 16.5. The smallest absolute Gasteiger partial charge is 0.243 e. The average molecular weight is 486 g/mol. The molecule has 2 fully saturated rings. The van der Waals surface area contributed by atoms with Gasteiger partial charge in [0, 0.05) is 45.2 Å². The highest BCUT2D eigenvalue weighted by atomic mass is 32.2. The zero-order valence-electron chi connectivity index (χ0n) is 18.9. The summed E-state index contributed by atoms with van der Waals surface area (Å²) in [5.41, 5.74) is 0.696. The number of piperazine rings is 1. The van der Waals surface area contributed by atoms with Crippen LogP contribution in [-0.4, -0.2) is 89.7 Å². The lowest BCUT2D eigenvalue weighted by atomic mass is 9.95. The Morgan fingerprint density at radius 3 is 2.35 bits per heavy atom. The maximum Gasteiger partial charge on any atom is 0.243 e. The van der Waals surface area contributed by atoms with Crippen molar-refractivity contribution in [3.05, 3.63) is 42.7 Å². The molecule has 0 spiro atoms. The molecule has 2 aliphatic heterocycles. The van der Waals surface area contributed by atoms with Crippen LogP contribution in [0, 0.1) is 5.92 Å². The number of hydrogen-bond acceptors (Lipinski definition) is 8. The number of anilines is 1. The monoisotopic (exact) mass is 485 g/mol. The summed E-state index contributed by atoms with van der Waals surface area (Å²) in [5.74, 6) is 1.51. The summed E-state index contributed by atoms with van der Waals surface area (Å²) >= 11 is 0.